The van der Waals surface area contributed by atoms with Crippen LogP contribution in [0.1, 0.15) is 69.1 Å². The summed E-state index contributed by atoms with van der Waals surface area (Å²) < 4.78 is 0. The molecule has 1 atom stereocenters. The van der Waals surface area contributed by atoms with Gasteiger partial charge in [-0.25, -0.2) is 9.97 Å². The predicted octanol–water partition coefficient (Wildman–Crippen LogP) is 4.49. The van der Waals surface area contributed by atoms with E-state index in [-0.39, 0.29) is 22.4 Å². The second kappa shape index (κ2) is 10.7. The van der Waals surface area contributed by atoms with E-state index in [1.54, 1.807) is 12.1 Å². The molecule has 3 rings (SSSR count). The van der Waals surface area contributed by atoms with Gasteiger partial charge in [0.2, 0.25) is 5.91 Å². The first-order valence-electron chi connectivity index (χ1n) is 11.8. The smallest absolute Gasteiger partial charge is 0.269 e. The quantitative estimate of drug-likeness (QED) is 0.432. The Morgan fingerprint density at radius 2 is 1.73 bits per heavy atom. The molecule has 1 fully saturated rings. The number of aromatic nitrogens is 2. The third-order valence-electron chi connectivity index (χ3n) is 6.31. The number of rotatable bonds is 8. The van der Waals surface area contributed by atoms with Crippen molar-refractivity contribution in [2.24, 2.45) is 5.92 Å². The van der Waals surface area contributed by atoms with Crippen LogP contribution in [0.5, 0.6) is 0 Å². The average Bonchev–Trinajstić information content (AvgIpc) is 2.79. The van der Waals surface area contributed by atoms with Crippen LogP contribution in [-0.4, -0.2) is 51.9 Å². The molecule has 0 saturated carbocycles. The Kier molecular flexibility index (Phi) is 8.00. The number of carbonyl (C=O) groups excluding carboxylic acids is 1. The van der Waals surface area contributed by atoms with Crippen LogP contribution in [0, 0.1) is 23.0 Å². The van der Waals surface area contributed by atoms with Gasteiger partial charge in [-0.2, -0.15) is 0 Å². The lowest BCUT2D eigenvalue weighted by atomic mass is 10.0. The molecule has 1 amide bonds. The van der Waals surface area contributed by atoms with E-state index in [4.69, 9.17) is 9.97 Å². The van der Waals surface area contributed by atoms with Crippen molar-refractivity contribution in [3.05, 3.63) is 57.0 Å². The number of nitro benzene ring substituents is 1. The fourth-order valence-corrected chi connectivity index (χ4v) is 4.06. The molecule has 0 N–H and O–H groups in total. The highest BCUT2D eigenvalue weighted by Gasteiger charge is 2.26. The molecule has 33 heavy (non-hydrogen) atoms. The summed E-state index contributed by atoms with van der Waals surface area (Å²) in [7, 11) is 0. The number of aryl methyl sites for hydroxylation is 1. The number of piperazine rings is 1. The van der Waals surface area contributed by atoms with Gasteiger partial charge in [0, 0.05) is 68.3 Å². The van der Waals surface area contributed by atoms with E-state index in [0.29, 0.717) is 31.8 Å². The van der Waals surface area contributed by atoms with Gasteiger partial charge < -0.3 is 9.80 Å². The van der Waals surface area contributed by atoms with Crippen LogP contribution in [0.4, 0.5) is 11.5 Å². The third kappa shape index (κ3) is 6.06. The second-order valence-electron chi connectivity index (χ2n) is 9.34. The van der Waals surface area contributed by atoms with Crippen molar-refractivity contribution in [3.63, 3.8) is 0 Å². The molecule has 2 heterocycles. The van der Waals surface area contributed by atoms with Gasteiger partial charge in [-0.05, 0) is 24.8 Å². The summed E-state index contributed by atoms with van der Waals surface area (Å²) >= 11 is 0. The van der Waals surface area contributed by atoms with Crippen molar-refractivity contribution in [3.8, 4) is 0 Å². The molecule has 0 unspecified atom stereocenters. The summed E-state index contributed by atoms with van der Waals surface area (Å²) in [6.45, 7) is 13.2. The lowest BCUT2D eigenvalue weighted by Crippen LogP contribution is -2.49. The van der Waals surface area contributed by atoms with Crippen LogP contribution in [0.3, 0.4) is 0 Å². The molecular weight excluding hydrogens is 418 g/mol. The molecule has 0 spiro atoms. The summed E-state index contributed by atoms with van der Waals surface area (Å²) in [5.41, 5.74) is 3.04. The zero-order valence-corrected chi connectivity index (χ0v) is 20.4. The van der Waals surface area contributed by atoms with E-state index < -0.39 is 0 Å². The largest absolute Gasteiger partial charge is 0.353 e. The van der Waals surface area contributed by atoms with E-state index >= 15 is 0 Å². The number of non-ortho nitro benzene ring substituents is 1. The molecule has 8 nitrogen and oxygen atoms in total. The minimum atomic E-state index is -0.384. The maximum Gasteiger partial charge on any atom is 0.269 e. The molecule has 1 aliphatic rings. The molecule has 1 aromatic heterocycles. The Balaban J connectivity index is 1.88. The Morgan fingerprint density at radius 3 is 2.27 bits per heavy atom. The molecule has 0 aliphatic carbocycles. The molecule has 8 heteroatoms. The van der Waals surface area contributed by atoms with Gasteiger partial charge in [-0.3, -0.25) is 14.9 Å². The molecule has 1 saturated heterocycles. The average molecular weight is 454 g/mol. The topological polar surface area (TPSA) is 92.5 Å². The number of carbonyl (C=O) groups is 1. The SMILES string of the molecule is CC[C@H](C)c1nc(C)c(Cc2ccc([N+](=O)[O-])cc2)c(N2CCN(C(=O)CC(C)C)CC2)n1. The van der Waals surface area contributed by atoms with Crippen LogP contribution in [0.15, 0.2) is 24.3 Å². The summed E-state index contributed by atoms with van der Waals surface area (Å²) in [5, 5.41) is 11.0. The van der Waals surface area contributed by atoms with Crippen LogP contribution in [0.25, 0.3) is 0 Å². The van der Waals surface area contributed by atoms with Gasteiger partial charge >= 0.3 is 0 Å². The Morgan fingerprint density at radius 1 is 1.09 bits per heavy atom. The first-order valence-corrected chi connectivity index (χ1v) is 11.8. The standard InChI is InChI=1S/C25H35N5O3/c1-6-18(4)24-26-19(5)22(16-20-7-9-21(10-8-20)30(32)33)25(27-24)29-13-11-28(12-14-29)23(31)15-17(2)3/h7-10,17-18H,6,11-16H2,1-5H3/t18-/m0/s1. The second-order valence-corrected chi connectivity index (χ2v) is 9.34. The highest BCUT2D eigenvalue weighted by atomic mass is 16.6. The third-order valence-corrected chi connectivity index (χ3v) is 6.31. The van der Waals surface area contributed by atoms with Crippen molar-refractivity contribution in [2.75, 3.05) is 31.1 Å². The van der Waals surface area contributed by atoms with Crippen molar-refractivity contribution in [1.29, 1.82) is 0 Å². The molecule has 178 valence electrons. The maximum absolute atomic E-state index is 12.5. The molecule has 0 radical (unpaired) electrons. The van der Waals surface area contributed by atoms with Gasteiger partial charge in [0.1, 0.15) is 11.6 Å². The van der Waals surface area contributed by atoms with E-state index in [9.17, 15) is 14.9 Å². The number of hydrogen-bond donors (Lipinski definition) is 0. The maximum atomic E-state index is 12.5. The van der Waals surface area contributed by atoms with E-state index in [0.717, 1.165) is 48.0 Å². The minimum absolute atomic E-state index is 0.0845. The molecule has 1 aliphatic heterocycles. The summed E-state index contributed by atoms with van der Waals surface area (Å²) in [5.74, 6) is 2.59. The Bertz CT molecular complexity index is 982. The molecule has 0 bridgehead atoms. The fraction of sp³-hybridized carbons (Fsp3) is 0.560. The monoisotopic (exact) mass is 453 g/mol. The number of amides is 1. The number of nitro groups is 1. The number of benzene rings is 1. The van der Waals surface area contributed by atoms with Gasteiger partial charge in [-0.1, -0.05) is 39.8 Å². The zero-order chi connectivity index (χ0) is 24.1. The summed E-state index contributed by atoms with van der Waals surface area (Å²) in [6.07, 6.45) is 2.14. The van der Waals surface area contributed by atoms with Gasteiger partial charge in [0.25, 0.3) is 5.69 Å². The lowest BCUT2D eigenvalue weighted by Gasteiger charge is -2.37. The van der Waals surface area contributed by atoms with Crippen LogP contribution >= 0.6 is 0 Å². The van der Waals surface area contributed by atoms with Gasteiger partial charge in [-0.15, -0.1) is 0 Å². The van der Waals surface area contributed by atoms with Gasteiger partial charge in [0.15, 0.2) is 0 Å². The summed E-state index contributed by atoms with van der Waals surface area (Å²) in [6, 6.07) is 6.68. The van der Waals surface area contributed by atoms with Crippen molar-refractivity contribution >= 4 is 17.4 Å². The highest BCUT2D eigenvalue weighted by Crippen LogP contribution is 2.28. The first-order chi connectivity index (χ1) is 15.7. The Labute approximate surface area is 196 Å². The fourth-order valence-electron chi connectivity index (χ4n) is 4.06. The molecule has 2 aromatic rings. The minimum Gasteiger partial charge on any atom is -0.353 e. The highest BCUT2D eigenvalue weighted by molar-refractivity contribution is 5.76. The Hall–Kier alpha value is -3.03. The zero-order valence-electron chi connectivity index (χ0n) is 20.4. The van der Waals surface area contributed by atoms with E-state index in [1.165, 1.54) is 12.1 Å². The van der Waals surface area contributed by atoms with Crippen LogP contribution in [-0.2, 0) is 11.2 Å². The number of hydrogen-bond acceptors (Lipinski definition) is 6. The predicted molar refractivity (Wildman–Crippen MR) is 130 cm³/mol. The van der Waals surface area contributed by atoms with E-state index in [1.807, 2.05) is 11.8 Å². The van der Waals surface area contributed by atoms with Gasteiger partial charge in [0.05, 0.1) is 4.92 Å². The van der Waals surface area contributed by atoms with Crippen molar-refractivity contribution in [2.45, 2.75) is 59.8 Å². The number of nitrogens with zero attached hydrogens (tertiary/aromatic N) is 5. The first kappa shape index (κ1) is 24.6. The van der Waals surface area contributed by atoms with E-state index in [2.05, 4.69) is 32.6 Å². The molecular formula is C25H35N5O3. The number of anilines is 1. The normalized spacial score (nSPS) is 15.1. The van der Waals surface area contributed by atoms with Crippen LogP contribution < -0.4 is 4.90 Å². The lowest BCUT2D eigenvalue weighted by molar-refractivity contribution is -0.384. The van der Waals surface area contributed by atoms with Crippen molar-refractivity contribution < 1.29 is 9.72 Å². The summed E-state index contributed by atoms with van der Waals surface area (Å²) in [4.78, 5) is 37.1. The molecule has 1 aromatic carbocycles. The van der Waals surface area contributed by atoms with Crippen LogP contribution in [0.2, 0.25) is 0 Å². The van der Waals surface area contributed by atoms with Crippen molar-refractivity contribution in [1.82, 2.24) is 14.9 Å².